The van der Waals surface area contributed by atoms with E-state index in [1.807, 2.05) is 6.07 Å². The van der Waals surface area contributed by atoms with Crippen LogP contribution < -0.4 is 15.1 Å². The van der Waals surface area contributed by atoms with Gasteiger partial charge in [-0.2, -0.15) is 26.3 Å². The molecule has 4 aromatic carbocycles. The Hall–Kier alpha value is -6.74. The van der Waals surface area contributed by atoms with E-state index in [0.29, 0.717) is 24.5 Å². The van der Waals surface area contributed by atoms with Crippen molar-refractivity contribution in [3.63, 3.8) is 0 Å². The molecule has 6 aromatic rings. The first kappa shape index (κ1) is 46.8. The molecule has 22 heteroatoms. The van der Waals surface area contributed by atoms with Crippen LogP contribution in [-0.4, -0.2) is 69.2 Å². The van der Waals surface area contributed by atoms with E-state index in [1.165, 1.54) is 41.0 Å². The molecule has 2 fully saturated rings. The molecule has 0 aliphatic carbocycles. The lowest BCUT2D eigenvalue weighted by Crippen LogP contribution is -2.56. The number of benzene rings is 4. The summed E-state index contributed by atoms with van der Waals surface area (Å²) >= 11 is 0. The molecule has 2 aromatic heterocycles. The van der Waals surface area contributed by atoms with Gasteiger partial charge in [0.25, 0.3) is 0 Å². The predicted octanol–water partition coefficient (Wildman–Crippen LogP) is 7.97. The van der Waals surface area contributed by atoms with Gasteiger partial charge >= 0.3 is 24.1 Å². The van der Waals surface area contributed by atoms with E-state index in [0.717, 1.165) is 12.1 Å². The highest BCUT2D eigenvalue weighted by atomic mass is 35.5. The van der Waals surface area contributed by atoms with Gasteiger partial charge in [-0.05, 0) is 48.5 Å². The van der Waals surface area contributed by atoms with Crippen molar-refractivity contribution in [3.8, 4) is 22.9 Å². The van der Waals surface area contributed by atoms with Gasteiger partial charge in [0, 0.05) is 66.7 Å². The molecule has 1 N–H and O–H groups in total. The van der Waals surface area contributed by atoms with E-state index in [-0.39, 0.29) is 84.5 Å². The Morgan fingerprint density at radius 1 is 0.641 bits per heavy atom. The highest BCUT2D eigenvalue weighted by Gasteiger charge is 2.40. The zero-order chi connectivity index (χ0) is 45.1. The summed E-state index contributed by atoms with van der Waals surface area (Å²) in [5, 5.41) is 15.6. The molecule has 0 unspecified atom stereocenters. The minimum Gasteiger partial charge on any atom is -0.413 e. The number of nitrogens with one attached hydrogen (secondary N) is 1. The summed E-state index contributed by atoms with van der Waals surface area (Å²) in [6.07, 6.45) is -9.59. The highest BCUT2D eigenvalue weighted by Crippen LogP contribution is 2.33. The molecule has 4 heterocycles. The number of hydrogen-bond acceptors (Lipinski definition) is 10. The van der Waals surface area contributed by atoms with E-state index in [2.05, 4.69) is 34.5 Å². The summed E-state index contributed by atoms with van der Waals surface area (Å²) in [4.78, 5) is 41.9. The third-order valence-electron chi connectivity index (χ3n) is 10.1. The number of rotatable bonds is 10. The zero-order valence-corrected chi connectivity index (χ0v) is 34.1. The Morgan fingerprint density at radius 3 is 1.38 bits per heavy atom. The molecule has 0 radical (unpaired) electrons. The number of carbonyl (C=O) groups is 3. The smallest absolute Gasteiger partial charge is 0.413 e. The quantitative estimate of drug-likeness (QED) is 0.134. The van der Waals surface area contributed by atoms with Crippen LogP contribution in [0.25, 0.3) is 22.9 Å². The van der Waals surface area contributed by atoms with Gasteiger partial charge in [0.2, 0.25) is 29.5 Å². The topological polar surface area (TPSA) is 151 Å². The second-order valence-corrected chi connectivity index (χ2v) is 14.4. The summed E-state index contributed by atoms with van der Waals surface area (Å²) in [5.41, 5.74) is 1.53. The minimum atomic E-state index is -4.81. The van der Waals surface area contributed by atoms with Gasteiger partial charge in [-0.15, -0.1) is 32.8 Å². The molecule has 2 aliphatic rings. The summed E-state index contributed by atoms with van der Waals surface area (Å²) in [7, 11) is 0. The van der Waals surface area contributed by atoms with Crippen molar-refractivity contribution in [1.82, 2.24) is 30.6 Å². The van der Waals surface area contributed by atoms with E-state index in [1.54, 1.807) is 59.5 Å². The van der Waals surface area contributed by atoms with Crippen molar-refractivity contribution in [1.29, 1.82) is 0 Å². The van der Waals surface area contributed by atoms with Crippen molar-refractivity contribution < 1.29 is 58.3 Å². The number of anilines is 2. The number of amides is 3. The second-order valence-electron chi connectivity index (χ2n) is 14.4. The van der Waals surface area contributed by atoms with Crippen molar-refractivity contribution in [3.05, 3.63) is 132 Å². The molecule has 0 saturated carbocycles. The fraction of sp³-hybridized carbons (Fsp3) is 0.262. The lowest BCUT2D eigenvalue weighted by atomic mass is 9.97. The molecule has 64 heavy (non-hydrogen) atoms. The minimum absolute atomic E-state index is 0. The first-order valence-electron chi connectivity index (χ1n) is 19.0. The molecular weight excluding hydrogens is 884 g/mol. The summed E-state index contributed by atoms with van der Waals surface area (Å²) in [6.45, 7) is 2.99. The van der Waals surface area contributed by atoms with Crippen LogP contribution in [0.1, 0.15) is 29.8 Å². The Balaban J connectivity index is 0.000000210. The van der Waals surface area contributed by atoms with E-state index in [9.17, 15) is 49.5 Å². The van der Waals surface area contributed by atoms with Gasteiger partial charge in [-0.3, -0.25) is 14.4 Å². The first-order chi connectivity index (χ1) is 30.0. The van der Waals surface area contributed by atoms with Crippen LogP contribution in [-0.2, 0) is 39.8 Å². The Bertz CT molecular complexity index is 2580. The zero-order valence-electron chi connectivity index (χ0n) is 33.2. The molecule has 8 rings (SSSR count). The van der Waals surface area contributed by atoms with Crippen LogP contribution in [0.4, 0.5) is 46.5 Å². The number of hydrogen-bond donors (Lipinski definition) is 1. The molecule has 0 atom stereocenters. The maximum Gasteiger partial charge on any atom is 0.470 e. The molecule has 3 amide bonds. The normalized spacial score (nSPS) is 14.0. The summed E-state index contributed by atoms with van der Waals surface area (Å²) in [6, 6.07) is 25.0. The van der Waals surface area contributed by atoms with Crippen LogP contribution in [0.2, 0.25) is 0 Å². The third-order valence-corrected chi connectivity index (χ3v) is 10.1. The number of halogens is 9. The largest absolute Gasteiger partial charge is 0.470 e. The van der Waals surface area contributed by atoms with Gasteiger partial charge in [0.1, 0.15) is 11.6 Å². The van der Waals surface area contributed by atoms with Crippen molar-refractivity contribution >= 4 is 41.5 Å². The molecule has 0 bridgehead atoms. The molecule has 2 saturated heterocycles. The maximum atomic E-state index is 14.9. The maximum absolute atomic E-state index is 14.9. The lowest BCUT2D eigenvalue weighted by molar-refractivity contribution is -0.157. The molecule has 0 spiro atoms. The third kappa shape index (κ3) is 10.7. The van der Waals surface area contributed by atoms with Crippen LogP contribution >= 0.6 is 12.4 Å². The van der Waals surface area contributed by atoms with Crippen LogP contribution in [0.15, 0.2) is 106 Å². The van der Waals surface area contributed by atoms with Crippen molar-refractivity contribution in [2.45, 2.75) is 32.4 Å². The van der Waals surface area contributed by atoms with Crippen LogP contribution in [0.5, 0.6) is 0 Å². The fourth-order valence-corrected chi connectivity index (χ4v) is 6.47. The van der Waals surface area contributed by atoms with E-state index < -0.39 is 53.5 Å². The molecule has 13 nitrogen and oxygen atoms in total. The van der Waals surface area contributed by atoms with Crippen LogP contribution in [0, 0.1) is 23.5 Å². The van der Waals surface area contributed by atoms with Crippen molar-refractivity contribution in [2.75, 3.05) is 36.0 Å². The predicted molar refractivity (Wildman–Crippen MR) is 214 cm³/mol. The SMILES string of the molecule is CC(=O)N1CC(C(=O)N(Cc2ccc(-c3nnc(C(F)(F)F)o3)cc2F)c2ccccc2)C1.Cl.O=C(C1CNC1)N(Cc1ccc(-c2nnc(C(F)(F)F)o2)cc1F)c1ccccc1. The van der Waals surface area contributed by atoms with E-state index in [4.69, 9.17) is 0 Å². The second kappa shape index (κ2) is 19.3. The lowest BCUT2D eigenvalue weighted by Gasteiger charge is -2.40. The van der Waals surface area contributed by atoms with Gasteiger partial charge < -0.3 is 28.9 Å². The number of aromatic nitrogens is 4. The van der Waals surface area contributed by atoms with Gasteiger partial charge in [0.15, 0.2) is 0 Å². The summed E-state index contributed by atoms with van der Waals surface area (Å²) < 4.78 is 115. The number of carbonyl (C=O) groups excluding carboxylic acids is 3. The van der Waals surface area contributed by atoms with Crippen LogP contribution in [0.3, 0.4) is 0 Å². The number of alkyl halides is 6. The fourth-order valence-electron chi connectivity index (χ4n) is 6.47. The highest BCUT2D eigenvalue weighted by molar-refractivity contribution is 5.97. The molecular formula is C42H35ClF8N8O5. The average Bonchev–Trinajstić information content (AvgIpc) is 3.92. The Morgan fingerprint density at radius 2 is 1.05 bits per heavy atom. The average molecular weight is 919 g/mol. The first-order valence-corrected chi connectivity index (χ1v) is 19.0. The van der Waals surface area contributed by atoms with E-state index >= 15 is 0 Å². The van der Waals surface area contributed by atoms with Gasteiger partial charge in [-0.25, -0.2) is 8.78 Å². The number of para-hydroxylation sites is 2. The Labute approximate surface area is 364 Å². The van der Waals surface area contributed by atoms with Crippen molar-refractivity contribution in [2.24, 2.45) is 11.8 Å². The molecule has 336 valence electrons. The Kier molecular flexibility index (Phi) is 14.1. The summed E-state index contributed by atoms with van der Waals surface area (Å²) in [5.74, 6) is -6.48. The standard InChI is InChI=1S/C22H18F4N4O3.C20H16F4N4O2.ClH/c1-13(31)29-10-16(11-29)20(32)30(17-5-3-2-4-6-17)12-15-8-7-14(9-18(15)23)19-27-28-21(33-19)22(24,25)26;21-16-8-12(17-26-27-19(30-17)20(22,23)24)6-7-13(16)11-28(15-4-2-1-3-5-15)18(29)14-9-25-10-14;/h2-9,16H,10-12H2,1H3;1-8,14,25H,9-11H2;1H. The number of likely N-dealkylation sites (tertiary alicyclic amines) is 1. The molecule has 2 aliphatic heterocycles. The van der Waals surface area contributed by atoms with Gasteiger partial charge in [0.05, 0.1) is 24.9 Å². The number of nitrogens with zero attached hydrogens (tertiary/aromatic N) is 7. The monoisotopic (exact) mass is 918 g/mol. The van der Waals surface area contributed by atoms with Gasteiger partial charge in [-0.1, -0.05) is 48.5 Å².